The van der Waals surface area contributed by atoms with E-state index < -0.39 is 10.0 Å². The molecule has 1 fully saturated rings. The maximum Gasteiger partial charge on any atom is 0.212 e. The molecular formula is C11H20N4O2S. The highest BCUT2D eigenvalue weighted by Gasteiger charge is 2.20. The molecule has 0 unspecified atom stereocenters. The molecule has 7 heteroatoms. The van der Waals surface area contributed by atoms with Crippen LogP contribution in [0.25, 0.3) is 0 Å². The quantitative estimate of drug-likeness (QED) is 0.691. The first kappa shape index (κ1) is 13.5. The Morgan fingerprint density at radius 1 is 1.44 bits per heavy atom. The third kappa shape index (κ3) is 4.75. The van der Waals surface area contributed by atoms with Gasteiger partial charge in [0.05, 0.1) is 18.5 Å². The zero-order valence-corrected chi connectivity index (χ0v) is 11.4. The number of hydrogen-bond acceptors (Lipinski definition) is 4. The number of sulfonamides is 1. The summed E-state index contributed by atoms with van der Waals surface area (Å²) in [7, 11) is -3.17. The van der Waals surface area contributed by atoms with Crippen molar-refractivity contribution in [2.75, 3.05) is 18.8 Å². The van der Waals surface area contributed by atoms with Gasteiger partial charge in [-0.25, -0.2) is 13.1 Å². The van der Waals surface area contributed by atoms with Crippen LogP contribution >= 0.6 is 0 Å². The molecule has 0 bridgehead atoms. The molecule has 2 rings (SSSR count). The summed E-state index contributed by atoms with van der Waals surface area (Å²) >= 11 is 0. The van der Waals surface area contributed by atoms with E-state index in [0.717, 1.165) is 5.56 Å². The van der Waals surface area contributed by atoms with E-state index >= 15 is 0 Å². The topological polar surface area (TPSA) is 76.0 Å². The lowest BCUT2D eigenvalue weighted by atomic mass is 10.4. The number of nitrogens with zero attached hydrogens (tertiary/aromatic N) is 2. The van der Waals surface area contributed by atoms with Gasteiger partial charge in [-0.05, 0) is 25.3 Å². The van der Waals surface area contributed by atoms with E-state index in [1.165, 1.54) is 12.8 Å². The molecule has 1 saturated carbocycles. The normalized spacial score (nSPS) is 16.1. The van der Waals surface area contributed by atoms with Gasteiger partial charge in [0, 0.05) is 25.3 Å². The summed E-state index contributed by atoms with van der Waals surface area (Å²) in [5.74, 6) is 0.141. The van der Waals surface area contributed by atoms with Crippen LogP contribution in [0, 0.1) is 6.92 Å². The Bertz CT molecular complexity index is 479. The van der Waals surface area contributed by atoms with Gasteiger partial charge in [0.15, 0.2) is 0 Å². The summed E-state index contributed by atoms with van der Waals surface area (Å²) in [4.78, 5) is 0. The largest absolute Gasteiger partial charge is 0.313 e. The molecule has 1 aliphatic rings. The molecule has 1 heterocycles. The van der Waals surface area contributed by atoms with Crippen molar-refractivity contribution >= 4 is 10.0 Å². The van der Waals surface area contributed by atoms with Crippen LogP contribution in [-0.4, -0.2) is 43.1 Å². The van der Waals surface area contributed by atoms with Gasteiger partial charge in [0.2, 0.25) is 10.0 Å². The highest BCUT2D eigenvalue weighted by Crippen LogP contribution is 2.17. The highest BCUT2D eigenvalue weighted by atomic mass is 32.2. The SMILES string of the molecule is Cc1cnn(CCNS(=O)(=O)CCNC2CC2)c1. The summed E-state index contributed by atoms with van der Waals surface area (Å²) in [5, 5.41) is 7.29. The van der Waals surface area contributed by atoms with E-state index in [1.807, 2.05) is 13.1 Å². The van der Waals surface area contributed by atoms with Crippen molar-refractivity contribution < 1.29 is 8.42 Å². The maximum absolute atomic E-state index is 11.6. The summed E-state index contributed by atoms with van der Waals surface area (Å²) < 4.78 is 27.6. The van der Waals surface area contributed by atoms with Gasteiger partial charge in [0.1, 0.15) is 0 Å². The van der Waals surface area contributed by atoms with Crippen molar-refractivity contribution in [2.45, 2.75) is 32.4 Å². The second-order valence-corrected chi connectivity index (χ2v) is 6.65. The molecule has 0 spiro atoms. The van der Waals surface area contributed by atoms with E-state index in [2.05, 4.69) is 15.1 Å². The predicted molar refractivity (Wildman–Crippen MR) is 69.8 cm³/mol. The number of aromatic nitrogens is 2. The molecule has 6 nitrogen and oxygen atoms in total. The zero-order valence-electron chi connectivity index (χ0n) is 10.6. The molecule has 1 aromatic heterocycles. The molecule has 0 amide bonds. The number of rotatable bonds is 8. The predicted octanol–water partition coefficient (Wildman–Crippen LogP) is -0.137. The molecule has 102 valence electrons. The summed E-state index contributed by atoms with van der Waals surface area (Å²) in [6.45, 7) is 3.42. The Kier molecular flexibility index (Phi) is 4.36. The molecule has 1 aromatic rings. The first-order valence-corrected chi connectivity index (χ1v) is 7.90. The Morgan fingerprint density at radius 2 is 2.22 bits per heavy atom. The van der Waals surface area contributed by atoms with Crippen molar-refractivity contribution in [3.8, 4) is 0 Å². The van der Waals surface area contributed by atoms with E-state index in [1.54, 1.807) is 10.9 Å². The van der Waals surface area contributed by atoms with E-state index in [4.69, 9.17) is 0 Å². The highest BCUT2D eigenvalue weighted by molar-refractivity contribution is 7.89. The second kappa shape index (κ2) is 5.81. The van der Waals surface area contributed by atoms with Gasteiger partial charge in [-0.1, -0.05) is 0 Å². The lowest BCUT2D eigenvalue weighted by molar-refractivity contribution is 0.557. The van der Waals surface area contributed by atoms with Gasteiger partial charge >= 0.3 is 0 Å². The summed E-state index contributed by atoms with van der Waals surface area (Å²) in [5.41, 5.74) is 1.08. The average Bonchev–Trinajstić information content (AvgIpc) is 3.01. The zero-order chi connectivity index (χ0) is 13.0. The van der Waals surface area contributed by atoms with Crippen molar-refractivity contribution in [1.82, 2.24) is 19.8 Å². The van der Waals surface area contributed by atoms with Crippen LogP contribution in [0.3, 0.4) is 0 Å². The van der Waals surface area contributed by atoms with Gasteiger partial charge in [-0.2, -0.15) is 5.10 Å². The van der Waals surface area contributed by atoms with Crippen molar-refractivity contribution in [1.29, 1.82) is 0 Å². The fraction of sp³-hybridized carbons (Fsp3) is 0.727. The van der Waals surface area contributed by atoms with Crippen LogP contribution in [0.1, 0.15) is 18.4 Å². The minimum atomic E-state index is -3.17. The van der Waals surface area contributed by atoms with Crippen molar-refractivity contribution in [2.24, 2.45) is 0 Å². The summed E-state index contributed by atoms with van der Waals surface area (Å²) in [6.07, 6.45) is 6.00. The maximum atomic E-state index is 11.6. The Morgan fingerprint density at radius 3 is 2.83 bits per heavy atom. The molecule has 0 saturated heterocycles. The van der Waals surface area contributed by atoms with Crippen LogP contribution in [0.5, 0.6) is 0 Å². The number of aryl methyl sites for hydroxylation is 1. The minimum absolute atomic E-state index is 0.141. The van der Waals surface area contributed by atoms with E-state index in [-0.39, 0.29) is 5.75 Å². The molecule has 18 heavy (non-hydrogen) atoms. The van der Waals surface area contributed by atoms with Crippen molar-refractivity contribution in [3.05, 3.63) is 18.0 Å². The van der Waals surface area contributed by atoms with Crippen LogP contribution in [0.15, 0.2) is 12.4 Å². The van der Waals surface area contributed by atoms with Crippen LogP contribution in [-0.2, 0) is 16.6 Å². The molecule has 0 aromatic carbocycles. The van der Waals surface area contributed by atoms with Gasteiger partial charge < -0.3 is 5.32 Å². The first-order valence-electron chi connectivity index (χ1n) is 6.25. The second-order valence-electron chi connectivity index (χ2n) is 4.72. The average molecular weight is 272 g/mol. The Balaban J connectivity index is 1.64. The molecule has 0 radical (unpaired) electrons. The standard InChI is InChI=1S/C11H20N4O2S/c1-10-8-13-15(9-10)6-4-14-18(16,17)7-5-12-11-2-3-11/h8-9,11-12,14H,2-7H2,1H3. The third-order valence-corrected chi connectivity index (χ3v) is 4.19. The Labute approximate surface area is 108 Å². The van der Waals surface area contributed by atoms with E-state index in [0.29, 0.717) is 25.7 Å². The van der Waals surface area contributed by atoms with Crippen LogP contribution in [0.4, 0.5) is 0 Å². The molecule has 0 atom stereocenters. The van der Waals surface area contributed by atoms with E-state index in [9.17, 15) is 8.42 Å². The number of hydrogen-bond donors (Lipinski definition) is 2. The lowest BCUT2D eigenvalue weighted by Crippen LogP contribution is -2.34. The number of nitrogens with one attached hydrogen (secondary N) is 2. The molecular weight excluding hydrogens is 252 g/mol. The fourth-order valence-corrected chi connectivity index (χ4v) is 2.60. The minimum Gasteiger partial charge on any atom is -0.313 e. The first-order chi connectivity index (χ1) is 8.55. The van der Waals surface area contributed by atoms with Gasteiger partial charge in [-0.3, -0.25) is 4.68 Å². The lowest BCUT2D eigenvalue weighted by Gasteiger charge is -2.07. The van der Waals surface area contributed by atoms with Gasteiger partial charge in [-0.15, -0.1) is 0 Å². The van der Waals surface area contributed by atoms with Crippen LogP contribution in [0.2, 0.25) is 0 Å². The van der Waals surface area contributed by atoms with Crippen molar-refractivity contribution in [3.63, 3.8) is 0 Å². The van der Waals surface area contributed by atoms with Crippen LogP contribution < -0.4 is 10.0 Å². The third-order valence-electron chi connectivity index (χ3n) is 2.81. The van der Waals surface area contributed by atoms with Gasteiger partial charge in [0.25, 0.3) is 0 Å². The molecule has 1 aliphatic carbocycles. The smallest absolute Gasteiger partial charge is 0.212 e. The monoisotopic (exact) mass is 272 g/mol. The fourth-order valence-electron chi connectivity index (χ4n) is 1.66. The molecule has 2 N–H and O–H groups in total. The summed E-state index contributed by atoms with van der Waals surface area (Å²) in [6, 6.07) is 0.548. The molecule has 0 aliphatic heterocycles. The Hall–Kier alpha value is -0.920.